The molecule has 1 aromatic carbocycles. The van der Waals surface area contributed by atoms with Crippen molar-refractivity contribution in [2.45, 2.75) is 116 Å². The van der Waals surface area contributed by atoms with E-state index >= 15 is 0 Å². The summed E-state index contributed by atoms with van der Waals surface area (Å²) in [4.78, 5) is 87.4. The second-order valence-electron chi connectivity index (χ2n) is 34.7. The van der Waals surface area contributed by atoms with E-state index in [1.807, 2.05) is 291 Å². The van der Waals surface area contributed by atoms with E-state index in [-0.39, 0.29) is 0 Å². The Morgan fingerprint density at radius 1 is 0.125 bits per heavy atom. The fraction of sp³-hybridized carbons (Fsp3) is 0.200. The maximum atomic E-state index is 6.95. The minimum atomic E-state index is 0.438. The van der Waals surface area contributed by atoms with Crippen LogP contribution in [0.2, 0.25) is 0 Å². The molecule has 0 saturated carbocycles. The number of ether oxygens (including phenoxy) is 6. The molecule has 0 aliphatic carbocycles. The average molecular weight is 1900 g/mol. The van der Waals surface area contributed by atoms with Crippen molar-refractivity contribution in [3.63, 3.8) is 0 Å². The summed E-state index contributed by atoms with van der Waals surface area (Å²) in [7, 11) is 0. The molecule has 18 aromatic heterocycles. The van der Waals surface area contributed by atoms with E-state index in [0.29, 0.717) is 142 Å². The molecule has 24 heteroatoms. The van der Waals surface area contributed by atoms with Gasteiger partial charge in [0.25, 0.3) is 0 Å². The summed E-state index contributed by atoms with van der Waals surface area (Å²) in [6.07, 6.45) is 35.4. The van der Waals surface area contributed by atoms with Crippen LogP contribution in [0.1, 0.15) is 110 Å². The lowest BCUT2D eigenvalue weighted by atomic mass is 9.77. The van der Waals surface area contributed by atoms with Gasteiger partial charge in [0.2, 0.25) is 0 Å². The number of pyridine rings is 18. The van der Waals surface area contributed by atoms with Gasteiger partial charge in [-0.2, -0.15) is 0 Å². The highest BCUT2D eigenvalue weighted by molar-refractivity contribution is 5.71. The molecule has 19 rings (SSSR count). The van der Waals surface area contributed by atoms with Crippen molar-refractivity contribution in [3.05, 3.63) is 399 Å². The van der Waals surface area contributed by atoms with Crippen molar-refractivity contribution in [3.8, 4) is 171 Å². The third-order valence-electron chi connectivity index (χ3n) is 24.6. The van der Waals surface area contributed by atoms with Crippen LogP contribution < -0.4 is 28.4 Å². The zero-order chi connectivity index (χ0) is 97.2. The molecule has 0 bridgehead atoms. The van der Waals surface area contributed by atoms with E-state index in [9.17, 15) is 0 Å². The molecule has 0 aliphatic heterocycles. The summed E-state index contributed by atoms with van der Waals surface area (Å²) < 4.78 is 41.7. The molecule has 0 amide bonds. The van der Waals surface area contributed by atoms with Gasteiger partial charge in [-0.05, 0) is 295 Å². The van der Waals surface area contributed by atoms with Crippen LogP contribution in [0.3, 0.4) is 0 Å². The Bertz CT molecular complexity index is 5820. The summed E-state index contributed by atoms with van der Waals surface area (Å²) in [5.74, 6) is 4.12. The molecule has 0 aliphatic rings. The molecule has 714 valence electrons. The fourth-order valence-corrected chi connectivity index (χ4v) is 17.7. The average Bonchev–Trinajstić information content (AvgIpc) is 0.761. The maximum Gasteiger partial charge on any atom is 0.123 e. The lowest BCUT2D eigenvalue weighted by molar-refractivity contribution is 0.304. The number of nitrogens with zero attached hydrogens (tertiary/aromatic N) is 18. The van der Waals surface area contributed by atoms with Crippen molar-refractivity contribution in [1.82, 2.24) is 89.7 Å². The normalized spacial score (nSPS) is 11.2. The molecule has 144 heavy (non-hydrogen) atoms. The Morgan fingerprint density at radius 3 is 0.333 bits per heavy atom. The molecule has 24 nitrogen and oxygen atoms in total. The molecule has 0 unspecified atom stereocenters. The van der Waals surface area contributed by atoms with Crippen LogP contribution in [-0.2, 0) is 38.5 Å². The SMILES string of the molecule is c1ccc(-c2cc(OCCCCc3c(CCCCOc4cc(-c5ccccn5)nc(-c5ccccn5)c4)c(CCCCOc4cc(-c5ccccn5)nc(-c5ccccn5)c4)c(CCCCOc4cc(-c5ccccn5)nc(-c5ccccn5)c4)c(CCCCOc4cc(-c5ccccn5)nc(-c5ccccn5)c4)c3CCCCOc3cc(-c4ccccn4)nc(-c4ccccn4)c3)cc(-c3ccccn3)n2)nc1. The van der Waals surface area contributed by atoms with Crippen LogP contribution in [0.5, 0.6) is 34.5 Å². The molecule has 19 aromatic rings. The summed E-state index contributed by atoms with van der Waals surface area (Å²) in [6, 6.07) is 94.2. The minimum absolute atomic E-state index is 0.438. The largest absolute Gasteiger partial charge is 0.493 e. The van der Waals surface area contributed by atoms with Crippen molar-refractivity contribution in [2.24, 2.45) is 0 Å². The molecule has 0 N–H and O–H groups in total. The zero-order valence-electron chi connectivity index (χ0n) is 80.1. The highest BCUT2D eigenvalue weighted by atomic mass is 16.5. The number of hydrogen-bond acceptors (Lipinski definition) is 24. The predicted molar refractivity (Wildman–Crippen MR) is 561 cm³/mol. The number of benzene rings is 1. The van der Waals surface area contributed by atoms with Gasteiger partial charge in [-0.25, -0.2) is 29.9 Å². The van der Waals surface area contributed by atoms with Crippen LogP contribution >= 0.6 is 0 Å². The van der Waals surface area contributed by atoms with Gasteiger partial charge in [-0.1, -0.05) is 72.8 Å². The monoisotopic (exact) mass is 1900 g/mol. The van der Waals surface area contributed by atoms with Gasteiger partial charge in [0.1, 0.15) is 34.5 Å². The number of hydrogen-bond donors (Lipinski definition) is 0. The van der Waals surface area contributed by atoms with E-state index in [1.54, 1.807) is 74.4 Å². The van der Waals surface area contributed by atoms with Crippen LogP contribution in [-0.4, -0.2) is 129 Å². The summed E-state index contributed by atoms with van der Waals surface area (Å²) in [6.45, 7) is 2.63. The van der Waals surface area contributed by atoms with Crippen LogP contribution in [0.15, 0.2) is 366 Å². The maximum absolute atomic E-state index is 6.95. The van der Waals surface area contributed by atoms with Crippen LogP contribution in [0.25, 0.3) is 137 Å². The lowest BCUT2D eigenvalue weighted by Crippen LogP contribution is -2.16. The molecule has 18 heterocycles. The molecule has 0 fully saturated rings. The fourth-order valence-electron chi connectivity index (χ4n) is 17.7. The Balaban J connectivity index is 0.712. The number of unbranched alkanes of at least 4 members (excludes halogenated alkanes) is 6. The molecule has 0 atom stereocenters. The second kappa shape index (κ2) is 49.5. The molecule has 0 spiro atoms. The Morgan fingerprint density at radius 2 is 0.236 bits per heavy atom. The zero-order valence-corrected chi connectivity index (χ0v) is 80.1. The predicted octanol–water partition coefficient (Wildman–Crippen LogP) is 25.2. The van der Waals surface area contributed by atoms with E-state index in [0.717, 1.165) is 184 Å². The first kappa shape index (κ1) is 95.6. The number of rotatable bonds is 48. The Kier molecular flexibility index (Phi) is 32.9. The van der Waals surface area contributed by atoms with Gasteiger partial charge in [0.05, 0.1) is 176 Å². The topological polar surface area (TPSA) is 287 Å². The first-order valence-electron chi connectivity index (χ1n) is 49.4. The molecule has 0 radical (unpaired) electrons. The van der Waals surface area contributed by atoms with E-state index in [1.165, 1.54) is 33.4 Å². The van der Waals surface area contributed by atoms with Crippen molar-refractivity contribution in [1.29, 1.82) is 0 Å². The number of aromatic nitrogens is 18. The van der Waals surface area contributed by atoms with Gasteiger partial charge in [-0.15, -0.1) is 0 Å². The van der Waals surface area contributed by atoms with Gasteiger partial charge in [0.15, 0.2) is 0 Å². The molecular formula is C120H108N18O6. The van der Waals surface area contributed by atoms with E-state index < -0.39 is 0 Å². The summed E-state index contributed by atoms with van der Waals surface area (Å²) >= 11 is 0. The van der Waals surface area contributed by atoms with E-state index in [4.69, 9.17) is 118 Å². The molecular weight excluding hydrogens is 1790 g/mol. The second-order valence-corrected chi connectivity index (χ2v) is 34.7. The first-order valence-corrected chi connectivity index (χ1v) is 49.4. The van der Waals surface area contributed by atoms with Gasteiger partial charge in [0, 0.05) is 147 Å². The third-order valence-corrected chi connectivity index (χ3v) is 24.6. The van der Waals surface area contributed by atoms with Gasteiger partial charge >= 0.3 is 0 Å². The first-order chi connectivity index (χ1) is 71.4. The van der Waals surface area contributed by atoms with Crippen molar-refractivity contribution < 1.29 is 28.4 Å². The van der Waals surface area contributed by atoms with Crippen molar-refractivity contribution >= 4 is 0 Å². The minimum Gasteiger partial charge on any atom is -0.493 e. The molecule has 0 saturated heterocycles. The Hall–Kier alpha value is -17.3. The summed E-state index contributed by atoms with van der Waals surface area (Å²) in [5.41, 5.74) is 25.5. The van der Waals surface area contributed by atoms with E-state index in [2.05, 4.69) is 0 Å². The van der Waals surface area contributed by atoms with Crippen molar-refractivity contribution in [2.75, 3.05) is 39.6 Å². The highest BCUT2D eigenvalue weighted by Crippen LogP contribution is 2.40. The van der Waals surface area contributed by atoms with Gasteiger partial charge in [-0.3, -0.25) is 59.8 Å². The van der Waals surface area contributed by atoms with Crippen LogP contribution in [0.4, 0.5) is 0 Å². The smallest absolute Gasteiger partial charge is 0.123 e. The lowest BCUT2D eigenvalue weighted by Gasteiger charge is -2.28. The van der Waals surface area contributed by atoms with Gasteiger partial charge < -0.3 is 28.4 Å². The van der Waals surface area contributed by atoms with Crippen LogP contribution in [0, 0.1) is 0 Å². The third kappa shape index (κ3) is 26.0. The summed E-state index contributed by atoms with van der Waals surface area (Å²) in [5, 5.41) is 0. The standard InChI is InChI=1S/C120H108N18O6/c1-19-55-121-97(43-1)109-73-85(74-110(133-109)98-44-2-20-56-122-98)139-67-31-13-37-91-92(38-14-32-68-140-86-75-111(99-45-3-21-57-123-99)134-112(76-86)100-46-4-22-58-124-100)94(40-16-34-70-142-88-79-115(103-49-7-25-61-127-103)136-116(80-88)104-50-8-26-62-128-104)96(42-18-36-72-144-90-83-119(107-53-11-29-65-131-107)138-120(84-90)108-54-12-30-66-132-108)95(41-17-35-71-143-89-81-117(105-51-9-27-63-129-105)137-118(82-89)106-52-10-28-64-130-106)93(91)39-15-33-69-141-87-77-113(101-47-5-23-59-125-101)135-114(78-87)102-48-6-24-60-126-102/h1-12,19-30,43-66,73-84H,13-18,31-42,67-72H2. The quantitative estimate of drug-likeness (QED) is 0.0320. The Labute approximate surface area is 838 Å². The highest BCUT2D eigenvalue weighted by Gasteiger charge is 2.26.